The van der Waals surface area contributed by atoms with Crippen LogP contribution in [0.15, 0.2) is 29.2 Å². The number of piperazine rings is 1. The van der Waals surface area contributed by atoms with Crippen molar-refractivity contribution in [3.63, 3.8) is 0 Å². The van der Waals surface area contributed by atoms with E-state index in [1.807, 2.05) is 0 Å². The predicted molar refractivity (Wildman–Crippen MR) is 99.9 cm³/mol. The maximum Gasteiger partial charge on any atom is 0.281 e. The van der Waals surface area contributed by atoms with Gasteiger partial charge in [-0.1, -0.05) is 6.07 Å². The molecule has 2 fully saturated rings. The number of carbonyl (C=O) groups excluding carboxylic acids is 1. The molecule has 0 radical (unpaired) electrons. The van der Waals surface area contributed by atoms with E-state index in [0.717, 1.165) is 17.1 Å². The van der Waals surface area contributed by atoms with Gasteiger partial charge in [0, 0.05) is 51.9 Å². The minimum atomic E-state index is -3.64. The lowest BCUT2D eigenvalue weighted by molar-refractivity contribution is 0.0695. The van der Waals surface area contributed by atoms with Crippen LogP contribution in [0.25, 0.3) is 0 Å². The zero-order chi connectivity index (χ0) is 19.8. The SMILES string of the molecule is CN(C)S(=O)(=O)N1CCN(C(=O)c2cccc(S(=O)(=O)NC3CC3)c2)CC1. The third-order valence-corrected chi connectivity index (χ3v) is 8.06. The summed E-state index contributed by atoms with van der Waals surface area (Å²) in [6.07, 6.45) is 1.66. The fourth-order valence-corrected chi connectivity index (χ4v) is 5.26. The van der Waals surface area contributed by atoms with E-state index in [4.69, 9.17) is 0 Å². The fraction of sp³-hybridized carbons (Fsp3) is 0.562. The first-order valence-electron chi connectivity index (χ1n) is 8.70. The molecule has 0 aromatic heterocycles. The lowest BCUT2D eigenvalue weighted by Gasteiger charge is -2.35. The lowest BCUT2D eigenvalue weighted by atomic mass is 10.2. The van der Waals surface area contributed by atoms with E-state index in [1.54, 1.807) is 17.0 Å². The maximum atomic E-state index is 12.7. The molecule has 1 aliphatic carbocycles. The fourth-order valence-electron chi connectivity index (χ4n) is 2.82. The summed E-state index contributed by atoms with van der Waals surface area (Å²) in [6.45, 7) is 0.910. The monoisotopic (exact) mass is 416 g/mol. The Morgan fingerprint density at radius 3 is 2.26 bits per heavy atom. The predicted octanol–water partition coefficient (Wildman–Crippen LogP) is -0.308. The van der Waals surface area contributed by atoms with Gasteiger partial charge in [0.2, 0.25) is 10.0 Å². The smallest absolute Gasteiger partial charge is 0.281 e. The second-order valence-electron chi connectivity index (χ2n) is 6.90. The van der Waals surface area contributed by atoms with Gasteiger partial charge in [-0.05, 0) is 31.0 Å². The van der Waals surface area contributed by atoms with Gasteiger partial charge in [0.15, 0.2) is 0 Å². The van der Waals surface area contributed by atoms with Gasteiger partial charge in [0.25, 0.3) is 16.1 Å². The van der Waals surface area contributed by atoms with Gasteiger partial charge in [-0.2, -0.15) is 17.0 Å². The highest BCUT2D eigenvalue weighted by Gasteiger charge is 2.31. The third kappa shape index (κ3) is 4.49. The zero-order valence-electron chi connectivity index (χ0n) is 15.3. The average Bonchev–Trinajstić information content (AvgIpc) is 3.44. The molecule has 9 nitrogen and oxygen atoms in total. The lowest BCUT2D eigenvalue weighted by Crippen LogP contribution is -2.53. The zero-order valence-corrected chi connectivity index (χ0v) is 17.0. The van der Waals surface area contributed by atoms with Crippen LogP contribution in [0.2, 0.25) is 0 Å². The van der Waals surface area contributed by atoms with E-state index < -0.39 is 20.2 Å². The van der Waals surface area contributed by atoms with Gasteiger partial charge in [0.05, 0.1) is 4.90 Å². The molecule has 27 heavy (non-hydrogen) atoms. The summed E-state index contributed by atoms with van der Waals surface area (Å²) < 4.78 is 54.1. The normalized spacial score (nSPS) is 19.4. The molecule has 2 aliphatic rings. The average molecular weight is 417 g/mol. The van der Waals surface area contributed by atoms with E-state index in [-0.39, 0.29) is 48.6 Å². The molecule has 1 aromatic rings. The largest absolute Gasteiger partial charge is 0.336 e. The molecular formula is C16H24N4O5S2. The molecule has 11 heteroatoms. The van der Waals surface area contributed by atoms with Crippen molar-refractivity contribution in [1.29, 1.82) is 0 Å². The second kappa shape index (κ2) is 7.47. The van der Waals surface area contributed by atoms with Crippen molar-refractivity contribution >= 4 is 26.1 Å². The summed E-state index contributed by atoms with van der Waals surface area (Å²) in [5.41, 5.74) is 0.276. The van der Waals surface area contributed by atoms with Crippen molar-refractivity contribution in [2.24, 2.45) is 0 Å². The summed E-state index contributed by atoms with van der Waals surface area (Å²) in [7, 11) is -4.21. The molecule has 1 aliphatic heterocycles. The molecule has 150 valence electrons. The summed E-state index contributed by atoms with van der Waals surface area (Å²) in [5, 5.41) is 0. The molecule has 0 bridgehead atoms. The van der Waals surface area contributed by atoms with Crippen LogP contribution < -0.4 is 4.72 Å². The quantitative estimate of drug-likeness (QED) is 0.685. The van der Waals surface area contributed by atoms with Crippen molar-refractivity contribution in [2.45, 2.75) is 23.8 Å². The Hall–Kier alpha value is -1.53. The summed E-state index contributed by atoms with van der Waals surface area (Å²) >= 11 is 0. The standard InChI is InChI=1S/C16H24N4O5S2/c1-18(2)27(24,25)20-10-8-19(9-11-20)16(21)13-4-3-5-15(12-13)26(22,23)17-14-6-7-14/h3-5,12,14,17H,6-11H2,1-2H3. The molecule has 0 spiro atoms. The van der Waals surface area contributed by atoms with Gasteiger partial charge in [0.1, 0.15) is 0 Å². The number of rotatable bonds is 6. The second-order valence-corrected chi connectivity index (χ2v) is 10.8. The number of hydrogen-bond donors (Lipinski definition) is 1. The molecule has 0 unspecified atom stereocenters. The van der Waals surface area contributed by atoms with E-state index in [1.165, 1.54) is 30.5 Å². The minimum Gasteiger partial charge on any atom is -0.336 e. The number of carbonyl (C=O) groups is 1. The maximum absolute atomic E-state index is 12.7. The number of sulfonamides is 1. The molecule has 1 N–H and O–H groups in total. The molecule has 0 atom stereocenters. The first-order valence-corrected chi connectivity index (χ1v) is 11.6. The third-order valence-electron chi connectivity index (χ3n) is 4.60. The van der Waals surface area contributed by atoms with E-state index in [2.05, 4.69) is 4.72 Å². The highest BCUT2D eigenvalue weighted by atomic mass is 32.2. The minimum absolute atomic E-state index is 0.0129. The Bertz CT molecular complexity index is 918. The number of nitrogens with zero attached hydrogens (tertiary/aromatic N) is 3. The van der Waals surface area contributed by atoms with E-state index >= 15 is 0 Å². The summed E-state index contributed by atoms with van der Waals surface area (Å²) in [4.78, 5) is 14.3. The Kier molecular flexibility index (Phi) is 5.59. The van der Waals surface area contributed by atoms with Crippen molar-refractivity contribution in [1.82, 2.24) is 18.2 Å². The first-order chi connectivity index (χ1) is 12.6. The Labute approximate surface area is 160 Å². The number of hydrogen-bond acceptors (Lipinski definition) is 5. The van der Waals surface area contributed by atoms with Gasteiger partial charge in [-0.3, -0.25) is 4.79 Å². The Morgan fingerprint density at radius 2 is 1.70 bits per heavy atom. The van der Waals surface area contributed by atoms with Crippen LogP contribution in [0.4, 0.5) is 0 Å². The summed E-state index contributed by atoms with van der Waals surface area (Å²) in [6, 6.07) is 5.93. The molecule has 1 saturated heterocycles. The van der Waals surface area contributed by atoms with E-state index in [0.29, 0.717) is 0 Å². The van der Waals surface area contributed by atoms with Crippen molar-refractivity contribution in [2.75, 3.05) is 40.3 Å². The highest BCUT2D eigenvalue weighted by molar-refractivity contribution is 7.89. The van der Waals surface area contributed by atoms with Gasteiger partial charge in [-0.15, -0.1) is 0 Å². The molecule has 3 rings (SSSR count). The van der Waals surface area contributed by atoms with Crippen molar-refractivity contribution < 1.29 is 21.6 Å². The van der Waals surface area contributed by atoms with Crippen molar-refractivity contribution in [3.05, 3.63) is 29.8 Å². The van der Waals surface area contributed by atoms with Crippen LogP contribution in [-0.4, -0.2) is 82.6 Å². The molecule has 1 saturated carbocycles. The number of nitrogens with one attached hydrogen (secondary N) is 1. The van der Waals surface area contributed by atoms with Crippen LogP contribution in [0.5, 0.6) is 0 Å². The van der Waals surface area contributed by atoms with Crippen LogP contribution >= 0.6 is 0 Å². The topological polar surface area (TPSA) is 107 Å². The van der Waals surface area contributed by atoms with Crippen LogP contribution in [0.1, 0.15) is 23.2 Å². The Morgan fingerprint density at radius 1 is 1.07 bits per heavy atom. The Balaban J connectivity index is 1.69. The molecule has 1 heterocycles. The number of amides is 1. The summed E-state index contributed by atoms with van der Waals surface area (Å²) in [5.74, 6) is -0.305. The van der Waals surface area contributed by atoms with E-state index in [9.17, 15) is 21.6 Å². The van der Waals surface area contributed by atoms with Gasteiger partial charge < -0.3 is 4.90 Å². The van der Waals surface area contributed by atoms with Crippen molar-refractivity contribution in [3.8, 4) is 0 Å². The molecular weight excluding hydrogens is 392 g/mol. The van der Waals surface area contributed by atoms with Gasteiger partial charge in [-0.25, -0.2) is 13.1 Å². The van der Waals surface area contributed by atoms with Crippen LogP contribution in [0.3, 0.4) is 0 Å². The van der Waals surface area contributed by atoms with Gasteiger partial charge >= 0.3 is 0 Å². The number of benzene rings is 1. The van der Waals surface area contributed by atoms with Crippen LogP contribution in [-0.2, 0) is 20.2 Å². The first kappa shape index (κ1) is 20.2. The molecule has 1 amide bonds. The molecule has 1 aromatic carbocycles. The highest BCUT2D eigenvalue weighted by Crippen LogP contribution is 2.23. The van der Waals surface area contributed by atoms with Crippen LogP contribution in [0, 0.1) is 0 Å².